The Morgan fingerprint density at radius 3 is 2.28 bits per heavy atom. The van der Waals surface area contributed by atoms with Crippen LogP contribution in [0.5, 0.6) is 5.75 Å². The number of rotatable bonds is 12. The highest BCUT2D eigenvalue weighted by Gasteiger charge is 2.48. The van der Waals surface area contributed by atoms with E-state index in [0.717, 1.165) is 19.4 Å². The third kappa shape index (κ3) is 8.93. The monoisotopic (exact) mass is 665 g/mol. The SMILES string of the molecule is CCOC(=O)C1CC=C(c2c(F)cc(CN(CC[C@@]3(c4ccc(OC)cc4)CCOC(C)(C)C3)CC(C)(C)C(F)(F)F)cc2F)CC1. The van der Waals surface area contributed by atoms with Gasteiger partial charge < -0.3 is 14.2 Å². The van der Waals surface area contributed by atoms with Crippen LogP contribution in [0.25, 0.3) is 5.57 Å². The molecule has 0 spiro atoms. The van der Waals surface area contributed by atoms with Crippen molar-refractivity contribution in [2.24, 2.45) is 11.3 Å². The Bertz CT molecular complexity index is 1400. The number of allylic oxidation sites excluding steroid dienone is 2. The lowest BCUT2D eigenvalue weighted by molar-refractivity contribution is -0.217. The number of methoxy groups -OCH3 is 1. The number of halogens is 5. The maximum atomic E-state index is 15.6. The van der Waals surface area contributed by atoms with Crippen LogP contribution in [0.4, 0.5) is 22.0 Å². The number of ether oxygens (including phenoxy) is 3. The number of carbonyl (C=O) groups excluding carboxylic acids is 1. The molecule has 2 atom stereocenters. The van der Waals surface area contributed by atoms with E-state index in [2.05, 4.69) is 0 Å². The second-order valence-corrected chi connectivity index (χ2v) is 14.3. The average molecular weight is 666 g/mol. The first-order valence-corrected chi connectivity index (χ1v) is 16.4. The second-order valence-electron chi connectivity index (χ2n) is 14.3. The zero-order valence-electron chi connectivity index (χ0n) is 28.4. The molecule has 0 bridgehead atoms. The summed E-state index contributed by atoms with van der Waals surface area (Å²) in [6.45, 7) is 8.69. The Balaban J connectivity index is 1.61. The van der Waals surface area contributed by atoms with Crippen molar-refractivity contribution < 1.29 is 41.0 Å². The van der Waals surface area contributed by atoms with Crippen molar-refractivity contribution in [2.45, 2.75) is 96.9 Å². The number of carbonyl (C=O) groups is 1. The predicted molar refractivity (Wildman–Crippen MR) is 172 cm³/mol. The molecule has 1 aliphatic carbocycles. The molecule has 0 radical (unpaired) electrons. The van der Waals surface area contributed by atoms with Crippen LogP contribution in [0.3, 0.4) is 0 Å². The first-order valence-electron chi connectivity index (χ1n) is 16.4. The predicted octanol–water partition coefficient (Wildman–Crippen LogP) is 9.03. The summed E-state index contributed by atoms with van der Waals surface area (Å²) in [5.41, 5.74) is -1.25. The number of hydrogen-bond acceptors (Lipinski definition) is 5. The molecule has 1 heterocycles. The van der Waals surface area contributed by atoms with Gasteiger partial charge in [-0.25, -0.2) is 8.78 Å². The molecule has 0 aromatic heterocycles. The minimum atomic E-state index is -4.48. The Morgan fingerprint density at radius 2 is 1.74 bits per heavy atom. The van der Waals surface area contributed by atoms with Gasteiger partial charge in [-0.15, -0.1) is 0 Å². The van der Waals surface area contributed by atoms with E-state index in [1.54, 1.807) is 25.0 Å². The maximum absolute atomic E-state index is 15.6. The molecule has 2 aromatic rings. The molecule has 260 valence electrons. The van der Waals surface area contributed by atoms with Gasteiger partial charge in [-0.3, -0.25) is 9.69 Å². The van der Waals surface area contributed by atoms with Crippen LogP contribution in [-0.2, 0) is 26.2 Å². The minimum absolute atomic E-state index is 0.0593. The summed E-state index contributed by atoms with van der Waals surface area (Å²) in [5.74, 6) is -1.50. The van der Waals surface area contributed by atoms with Crippen molar-refractivity contribution >= 4 is 11.5 Å². The van der Waals surface area contributed by atoms with Gasteiger partial charge in [-0.05, 0) is 121 Å². The van der Waals surface area contributed by atoms with E-state index in [-0.39, 0.29) is 54.7 Å². The fraction of sp³-hybridized carbons (Fsp3) is 0.595. The second kappa shape index (κ2) is 14.6. The fourth-order valence-electron chi connectivity index (χ4n) is 7.08. The normalized spacial score (nSPS) is 21.8. The first kappa shape index (κ1) is 36.8. The highest BCUT2D eigenvalue weighted by molar-refractivity contribution is 5.76. The molecule has 0 saturated carbocycles. The number of esters is 1. The van der Waals surface area contributed by atoms with Gasteiger partial charge in [0.05, 0.1) is 30.7 Å². The van der Waals surface area contributed by atoms with Crippen LogP contribution in [-0.4, -0.2) is 56.1 Å². The highest BCUT2D eigenvalue weighted by atomic mass is 19.4. The summed E-state index contributed by atoms with van der Waals surface area (Å²) >= 11 is 0. The Morgan fingerprint density at radius 1 is 1.09 bits per heavy atom. The number of alkyl halides is 3. The van der Waals surface area contributed by atoms with Crippen LogP contribution in [0, 0.1) is 23.0 Å². The number of hydrogen-bond donors (Lipinski definition) is 0. The third-order valence-corrected chi connectivity index (χ3v) is 9.69. The van der Waals surface area contributed by atoms with E-state index < -0.39 is 28.8 Å². The van der Waals surface area contributed by atoms with Gasteiger partial charge >= 0.3 is 12.1 Å². The quantitative estimate of drug-likeness (QED) is 0.167. The van der Waals surface area contributed by atoms with Crippen LogP contribution in [0.15, 0.2) is 42.5 Å². The summed E-state index contributed by atoms with van der Waals surface area (Å²) in [4.78, 5) is 13.8. The van der Waals surface area contributed by atoms with Gasteiger partial charge in [0.25, 0.3) is 0 Å². The van der Waals surface area contributed by atoms with Crippen LogP contribution in [0.1, 0.15) is 89.8 Å². The molecular formula is C37H48F5NO4. The Hall–Kier alpha value is -2.98. The Labute approximate surface area is 275 Å². The molecule has 10 heteroatoms. The average Bonchev–Trinajstić information content (AvgIpc) is 2.99. The standard InChI is InChI=1S/C37H48F5NO4/c1-7-46-33(44)27-10-8-26(9-11-27)32-30(38)20-25(21-31(32)39)22-43(24-34(2,3)37(40,41)42)18-16-36(17-19-47-35(4,5)23-36)28-12-14-29(45-6)15-13-28/h8,12-15,20-21,27H,7,9-11,16-19,22-24H2,1-6H3/t27?,36-/m1/s1. The molecule has 4 rings (SSSR count). The van der Waals surface area contributed by atoms with E-state index in [9.17, 15) is 18.0 Å². The lowest BCUT2D eigenvalue weighted by Gasteiger charge is -2.46. The minimum Gasteiger partial charge on any atom is -0.497 e. The van der Waals surface area contributed by atoms with Crippen molar-refractivity contribution in [3.8, 4) is 5.75 Å². The van der Waals surface area contributed by atoms with Gasteiger partial charge in [0, 0.05) is 30.7 Å². The van der Waals surface area contributed by atoms with Crippen molar-refractivity contribution in [1.82, 2.24) is 4.90 Å². The van der Waals surface area contributed by atoms with Gasteiger partial charge in [0.15, 0.2) is 0 Å². The van der Waals surface area contributed by atoms with E-state index in [0.29, 0.717) is 56.5 Å². The topological polar surface area (TPSA) is 48.0 Å². The molecule has 0 N–H and O–H groups in total. The zero-order chi connectivity index (χ0) is 34.6. The lowest BCUT2D eigenvalue weighted by atomic mass is 9.67. The molecule has 2 aromatic carbocycles. The van der Waals surface area contributed by atoms with Gasteiger partial charge in [-0.1, -0.05) is 18.2 Å². The lowest BCUT2D eigenvalue weighted by Crippen LogP contribution is -2.47. The molecule has 47 heavy (non-hydrogen) atoms. The summed E-state index contributed by atoms with van der Waals surface area (Å²) < 4.78 is 90.0. The summed E-state index contributed by atoms with van der Waals surface area (Å²) in [7, 11) is 1.59. The smallest absolute Gasteiger partial charge is 0.395 e. The van der Waals surface area contributed by atoms with E-state index in [4.69, 9.17) is 14.2 Å². The van der Waals surface area contributed by atoms with Gasteiger partial charge in [0.2, 0.25) is 0 Å². The van der Waals surface area contributed by atoms with Crippen LogP contribution < -0.4 is 4.74 Å². The number of benzene rings is 2. The summed E-state index contributed by atoms with van der Waals surface area (Å²) in [6.07, 6.45) is 0.132. The fourth-order valence-corrected chi connectivity index (χ4v) is 7.08. The van der Waals surface area contributed by atoms with Crippen molar-refractivity contribution in [3.05, 3.63) is 70.8 Å². The maximum Gasteiger partial charge on any atom is 0.395 e. The van der Waals surface area contributed by atoms with Crippen molar-refractivity contribution in [3.63, 3.8) is 0 Å². The van der Waals surface area contributed by atoms with Crippen molar-refractivity contribution in [2.75, 3.05) is 33.4 Å². The summed E-state index contributed by atoms with van der Waals surface area (Å²) in [6, 6.07) is 10.2. The van der Waals surface area contributed by atoms with Crippen LogP contribution >= 0.6 is 0 Å². The van der Waals surface area contributed by atoms with Crippen molar-refractivity contribution in [1.29, 1.82) is 0 Å². The van der Waals surface area contributed by atoms with E-state index in [1.165, 1.54) is 12.1 Å². The third-order valence-electron chi connectivity index (χ3n) is 9.69. The first-order chi connectivity index (χ1) is 22.0. The molecule has 5 nitrogen and oxygen atoms in total. The van der Waals surface area contributed by atoms with Gasteiger partial charge in [-0.2, -0.15) is 13.2 Å². The molecule has 1 unspecified atom stereocenters. The van der Waals surface area contributed by atoms with Gasteiger partial charge in [0.1, 0.15) is 17.4 Å². The molecule has 2 aliphatic rings. The summed E-state index contributed by atoms with van der Waals surface area (Å²) in [5, 5.41) is 0. The van der Waals surface area contributed by atoms with E-state index >= 15 is 8.78 Å². The Kier molecular flexibility index (Phi) is 11.5. The molecule has 1 saturated heterocycles. The van der Waals surface area contributed by atoms with Crippen LogP contribution in [0.2, 0.25) is 0 Å². The largest absolute Gasteiger partial charge is 0.497 e. The number of nitrogens with zero attached hydrogens (tertiary/aromatic N) is 1. The molecule has 1 aliphatic heterocycles. The highest BCUT2D eigenvalue weighted by Crippen LogP contribution is 2.45. The zero-order valence-corrected chi connectivity index (χ0v) is 28.4. The molecule has 1 fully saturated rings. The van der Waals surface area contributed by atoms with E-state index in [1.807, 2.05) is 38.1 Å². The molecular weight excluding hydrogens is 617 g/mol. The molecule has 0 amide bonds.